The molecule has 3 heterocycles. The number of fused-ring (bicyclic) bond motifs is 1. The molecule has 0 atom stereocenters. The van der Waals surface area contributed by atoms with Crippen molar-refractivity contribution in [2.24, 2.45) is 0 Å². The van der Waals surface area contributed by atoms with Gasteiger partial charge in [-0.2, -0.15) is 4.68 Å². The number of benzene rings is 2. The van der Waals surface area contributed by atoms with Crippen LogP contribution in [-0.4, -0.2) is 59.8 Å². The first kappa shape index (κ1) is 23.3. The third kappa shape index (κ3) is 5.17. The van der Waals surface area contributed by atoms with Crippen LogP contribution in [0.5, 0.6) is 0 Å². The van der Waals surface area contributed by atoms with Gasteiger partial charge in [0.2, 0.25) is 0 Å². The Morgan fingerprint density at radius 2 is 1.83 bits per heavy atom. The van der Waals surface area contributed by atoms with Crippen molar-refractivity contribution in [1.29, 1.82) is 0 Å². The van der Waals surface area contributed by atoms with E-state index in [-0.39, 0.29) is 11.9 Å². The maximum atomic E-state index is 12.9. The molecule has 0 spiro atoms. The van der Waals surface area contributed by atoms with E-state index in [1.54, 1.807) is 12.1 Å². The molecule has 0 radical (unpaired) electrons. The molecule has 0 aliphatic carbocycles. The van der Waals surface area contributed by atoms with Gasteiger partial charge in [-0.15, -0.1) is 16.4 Å². The van der Waals surface area contributed by atoms with Gasteiger partial charge in [0.05, 0.1) is 5.39 Å². The summed E-state index contributed by atoms with van der Waals surface area (Å²) < 4.78 is 1.29. The Bertz CT molecular complexity index is 1360. The zero-order valence-corrected chi connectivity index (χ0v) is 20.8. The molecule has 8 nitrogen and oxygen atoms in total. The standard InChI is InChI=1S/C25H25ClN6O2S/c1-30-10-12-31(13-11-30)20-7-5-18(6-8-20)23(33)28-22-21-9-14-35-24(21)32(29-22)25(34)27-16-17-3-2-4-19(26)15-17/h2-9,14-15H,10-13,16H2,1H3,(H,27,34)(H,28,29,33). The molecule has 2 aromatic heterocycles. The first-order valence-corrected chi connectivity index (χ1v) is 12.6. The molecule has 1 aliphatic rings. The number of aromatic nitrogens is 2. The number of anilines is 2. The number of carbonyl (C=O) groups excluding carboxylic acids is 2. The number of thiophene rings is 1. The van der Waals surface area contributed by atoms with Gasteiger partial charge < -0.3 is 20.4 Å². The molecule has 1 fully saturated rings. The van der Waals surface area contributed by atoms with E-state index in [0.717, 1.165) is 42.8 Å². The number of hydrogen-bond donors (Lipinski definition) is 2. The third-order valence-electron chi connectivity index (χ3n) is 6.05. The fourth-order valence-electron chi connectivity index (χ4n) is 4.04. The first-order valence-electron chi connectivity index (χ1n) is 11.3. The van der Waals surface area contributed by atoms with Crippen molar-refractivity contribution in [3.63, 3.8) is 0 Å². The Balaban J connectivity index is 1.28. The summed E-state index contributed by atoms with van der Waals surface area (Å²) in [6, 6.07) is 16.4. The Morgan fingerprint density at radius 1 is 1.06 bits per heavy atom. The Kier molecular flexibility index (Phi) is 6.72. The van der Waals surface area contributed by atoms with E-state index in [1.165, 1.54) is 16.0 Å². The van der Waals surface area contributed by atoms with E-state index in [0.29, 0.717) is 27.8 Å². The maximum absolute atomic E-state index is 12.9. The predicted octanol–water partition coefficient (Wildman–Crippen LogP) is 4.51. The molecule has 180 valence electrons. The van der Waals surface area contributed by atoms with Crippen LogP contribution in [0.4, 0.5) is 16.3 Å². The van der Waals surface area contributed by atoms with E-state index in [1.807, 2.05) is 47.8 Å². The average molecular weight is 509 g/mol. The second-order valence-electron chi connectivity index (χ2n) is 8.48. The number of nitrogens with zero attached hydrogens (tertiary/aromatic N) is 4. The molecule has 10 heteroatoms. The number of amides is 2. The van der Waals surface area contributed by atoms with Gasteiger partial charge in [0, 0.05) is 49.0 Å². The molecule has 2 amide bonds. The smallest absolute Gasteiger partial charge is 0.343 e. The van der Waals surface area contributed by atoms with Crippen LogP contribution in [0.25, 0.3) is 10.2 Å². The van der Waals surface area contributed by atoms with Gasteiger partial charge in [-0.1, -0.05) is 23.7 Å². The number of piperazine rings is 1. The van der Waals surface area contributed by atoms with Crippen LogP contribution >= 0.6 is 22.9 Å². The Labute approximate surface area is 212 Å². The highest BCUT2D eigenvalue weighted by molar-refractivity contribution is 7.17. The van der Waals surface area contributed by atoms with Crippen molar-refractivity contribution in [2.45, 2.75) is 6.54 Å². The molecule has 1 aliphatic heterocycles. The number of hydrogen-bond acceptors (Lipinski definition) is 6. The molecule has 2 aromatic carbocycles. The zero-order valence-electron chi connectivity index (χ0n) is 19.2. The number of nitrogens with one attached hydrogen (secondary N) is 2. The Hall–Kier alpha value is -3.40. The van der Waals surface area contributed by atoms with Crippen molar-refractivity contribution >= 4 is 56.6 Å². The summed E-state index contributed by atoms with van der Waals surface area (Å²) in [4.78, 5) is 31.1. The van der Waals surface area contributed by atoms with Gasteiger partial charge in [0.25, 0.3) is 5.91 Å². The van der Waals surface area contributed by atoms with Gasteiger partial charge >= 0.3 is 6.03 Å². The molecule has 4 aromatic rings. The number of likely N-dealkylation sites (N-methyl/N-ethyl adjacent to an activating group) is 1. The van der Waals surface area contributed by atoms with Gasteiger partial charge in [-0.3, -0.25) is 4.79 Å². The minimum atomic E-state index is -0.380. The second kappa shape index (κ2) is 10.1. The van der Waals surface area contributed by atoms with Gasteiger partial charge in [-0.05, 0) is 60.5 Å². The highest BCUT2D eigenvalue weighted by atomic mass is 35.5. The normalized spacial score (nSPS) is 14.3. The predicted molar refractivity (Wildman–Crippen MR) is 141 cm³/mol. The second-order valence-corrected chi connectivity index (χ2v) is 9.81. The summed E-state index contributed by atoms with van der Waals surface area (Å²) in [5, 5.41) is 13.3. The number of carbonyl (C=O) groups is 2. The summed E-state index contributed by atoms with van der Waals surface area (Å²) in [6.07, 6.45) is 0. The summed E-state index contributed by atoms with van der Waals surface area (Å²) >= 11 is 7.41. The van der Waals surface area contributed by atoms with Crippen molar-refractivity contribution in [2.75, 3.05) is 43.4 Å². The van der Waals surface area contributed by atoms with Gasteiger partial charge in [0.15, 0.2) is 5.82 Å². The quantitative estimate of drug-likeness (QED) is 0.414. The van der Waals surface area contributed by atoms with Crippen LogP contribution < -0.4 is 15.5 Å². The molecular weight excluding hydrogens is 484 g/mol. The molecule has 0 bridgehead atoms. The lowest BCUT2D eigenvalue weighted by molar-refractivity contribution is 0.102. The highest BCUT2D eigenvalue weighted by Gasteiger charge is 2.20. The summed E-state index contributed by atoms with van der Waals surface area (Å²) in [5.74, 6) is 0.0827. The van der Waals surface area contributed by atoms with E-state index in [9.17, 15) is 9.59 Å². The molecular formula is C25H25ClN6O2S. The largest absolute Gasteiger partial charge is 0.369 e. The van der Waals surface area contributed by atoms with Crippen LogP contribution in [0.1, 0.15) is 15.9 Å². The van der Waals surface area contributed by atoms with Crippen LogP contribution in [0.2, 0.25) is 5.02 Å². The van der Waals surface area contributed by atoms with Crippen molar-refractivity contribution in [3.8, 4) is 0 Å². The molecule has 1 saturated heterocycles. The minimum Gasteiger partial charge on any atom is -0.369 e. The van der Waals surface area contributed by atoms with E-state index < -0.39 is 0 Å². The molecule has 5 rings (SSSR count). The average Bonchev–Trinajstić information content (AvgIpc) is 3.47. The lowest BCUT2D eigenvalue weighted by Crippen LogP contribution is -2.44. The number of rotatable bonds is 5. The summed E-state index contributed by atoms with van der Waals surface area (Å²) in [6.45, 7) is 4.29. The van der Waals surface area contributed by atoms with Crippen molar-refractivity contribution in [3.05, 3.63) is 76.1 Å². The van der Waals surface area contributed by atoms with Crippen LogP contribution in [-0.2, 0) is 6.54 Å². The lowest BCUT2D eigenvalue weighted by Gasteiger charge is -2.34. The van der Waals surface area contributed by atoms with Gasteiger partial charge in [-0.25, -0.2) is 4.79 Å². The molecule has 35 heavy (non-hydrogen) atoms. The van der Waals surface area contributed by atoms with Crippen molar-refractivity contribution in [1.82, 2.24) is 20.0 Å². The monoisotopic (exact) mass is 508 g/mol. The highest BCUT2D eigenvalue weighted by Crippen LogP contribution is 2.28. The van der Waals surface area contributed by atoms with E-state index in [4.69, 9.17) is 11.6 Å². The third-order valence-corrected chi connectivity index (χ3v) is 7.17. The fourth-order valence-corrected chi connectivity index (χ4v) is 5.10. The molecule has 0 unspecified atom stereocenters. The van der Waals surface area contributed by atoms with Crippen LogP contribution in [0.3, 0.4) is 0 Å². The van der Waals surface area contributed by atoms with Crippen molar-refractivity contribution < 1.29 is 9.59 Å². The van der Waals surface area contributed by atoms with Crippen LogP contribution in [0, 0.1) is 0 Å². The lowest BCUT2D eigenvalue weighted by atomic mass is 10.1. The maximum Gasteiger partial charge on any atom is 0.343 e. The summed E-state index contributed by atoms with van der Waals surface area (Å²) in [7, 11) is 2.12. The van der Waals surface area contributed by atoms with E-state index in [2.05, 4.69) is 32.6 Å². The molecule has 0 saturated carbocycles. The first-order chi connectivity index (χ1) is 17.0. The fraction of sp³-hybridized carbons (Fsp3) is 0.240. The SMILES string of the molecule is CN1CCN(c2ccc(C(=O)Nc3nn(C(=O)NCc4cccc(Cl)c4)c4sccc34)cc2)CC1. The summed E-state index contributed by atoms with van der Waals surface area (Å²) in [5.41, 5.74) is 2.52. The Morgan fingerprint density at radius 3 is 2.57 bits per heavy atom. The topological polar surface area (TPSA) is 82.5 Å². The number of halogens is 1. The molecule has 2 N–H and O–H groups in total. The van der Waals surface area contributed by atoms with E-state index >= 15 is 0 Å². The minimum absolute atomic E-state index is 0.271. The van der Waals surface area contributed by atoms with Gasteiger partial charge in [0.1, 0.15) is 4.83 Å². The zero-order chi connectivity index (χ0) is 24.4. The van der Waals surface area contributed by atoms with Crippen LogP contribution in [0.15, 0.2) is 60.0 Å².